The van der Waals surface area contributed by atoms with Crippen molar-refractivity contribution in [1.29, 1.82) is 0 Å². The second-order valence-corrected chi connectivity index (χ2v) is 6.53. The van der Waals surface area contributed by atoms with Crippen LogP contribution < -0.4 is 9.64 Å². The van der Waals surface area contributed by atoms with E-state index in [0.29, 0.717) is 50.2 Å². The lowest BCUT2D eigenvalue weighted by molar-refractivity contribution is 0.122. The first-order valence-electron chi connectivity index (χ1n) is 8.69. The molecule has 2 aromatic heterocycles. The van der Waals surface area contributed by atoms with Crippen LogP contribution in [0.25, 0.3) is 10.9 Å². The van der Waals surface area contributed by atoms with Crippen molar-refractivity contribution in [2.75, 3.05) is 51.4 Å². The van der Waals surface area contributed by atoms with Gasteiger partial charge in [-0.05, 0) is 26.4 Å². The summed E-state index contributed by atoms with van der Waals surface area (Å²) in [6.45, 7) is 4.23. The predicted molar refractivity (Wildman–Crippen MR) is 91.5 cm³/mol. The summed E-state index contributed by atoms with van der Waals surface area (Å²) in [5.74, 6) is 0.201. The molecular weight excluding hydrogens is 325 g/mol. The third-order valence-corrected chi connectivity index (χ3v) is 4.91. The predicted octanol–water partition coefficient (Wildman–Crippen LogP) is 1.47. The van der Waals surface area contributed by atoms with Crippen LogP contribution in [0.15, 0.2) is 12.4 Å². The number of anilines is 1. The van der Waals surface area contributed by atoms with Gasteiger partial charge < -0.3 is 19.3 Å². The molecule has 4 rings (SSSR count). The van der Waals surface area contributed by atoms with Crippen LogP contribution >= 0.6 is 0 Å². The molecule has 8 heteroatoms. The van der Waals surface area contributed by atoms with E-state index >= 15 is 0 Å². The topological polar surface area (TPSA) is 63.6 Å². The van der Waals surface area contributed by atoms with Crippen molar-refractivity contribution in [2.24, 2.45) is 0 Å². The highest BCUT2D eigenvalue weighted by Gasteiger charge is 2.23. The molecule has 2 aromatic rings. The molecule has 0 N–H and O–H groups in total. The van der Waals surface area contributed by atoms with Crippen LogP contribution in [-0.2, 0) is 4.74 Å². The standard InChI is InChI=1S/C17H22FN5O2/c1-22-4-2-3-12(22)11-25-17-20-15-13(9-19-10-14(15)18)16(21-17)23-5-7-24-8-6-23/h9-10,12H,2-8,11H2,1H3. The Balaban J connectivity index is 1.65. The van der Waals surface area contributed by atoms with E-state index in [1.165, 1.54) is 12.6 Å². The first-order valence-corrected chi connectivity index (χ1v) is 8.69. The number of halogens is 1. The second-order valence-electron chi connectivity index (χ2n) is 6.53. The molecule has 4 heterocycles. The Kier molecular flexibility index (Phi) is 4.63. The number of likely N-dealkylation sites (N-methyl/N-ethyl adjacent to an activating group) is 1. The molecule has 0 bridgehead atoms. The number of aromatic nitrogens is 3. The third kappa shape index (κ3) is 3.36. The summed E-state index contributed by atoms with van der Waals surface area (Å²) in [7, 11) is 2.09. The third-order valence-electron chi connectivity index (χ3n) is 4.91. The first-order chi connectivity index (χ1) is 12.2. The van der Waals surface area contributed by atoms with Gasteiger partial charge in [-0.25, -0.2) is 4.39 Å². The van der Waals surface area contributed by atoms with Gasteiger partial charge in [0.2, 0.25) is 0 Å². The Morgan fingerprint density at radius 1 is 1.24 bits per heavy atom. The summed E-state index contributed by atoms with van der Waals surface area (Å²) in [6, 6.07) is 0.577. The van der Waals surface area contributed by atoms with Crippen molar-refractivity contribution in [2.45, 2.75) is 18.9 Å². The molecule has 0 radical (unpaired) electrons. The van der Waals surface area contributed by atoms with Crippen LogP contribution in [0.4, 0.5) is 10.2 Å². The summed E-state index contributed by atoms with van der Waals surface area (Å²) in [4.78, 5) is 17.2. The lowest BCUT2D eigenvalue weighted by Crippen LogP contribution is -2.37. The van der Waals surface area contributed by atoms with Crippen molar-refractivity contribution < 1.29 is 13.9 Å². The van der Waals surface area contributed by atoms with Crippen molar-refractivity contribution >= 4 is 16.7 Å². The lowest BCUT2D eigenvalue weighted by Gasteiger charge is -2.28. The molecule has 1 atom stereocenters. The monoisotopic (exact) mass is 347 g/mol. The van der Waals surface area contributed by atoms with Gasteiger partial charge in [-0.2, -0.15) is 9.97 Å². The van der Waals surface area contributed by atoms with Crippen LogP contribution in [0, 0.1) is 5.82 Å². The van der Waals surface area contributed by atoms with Crippen molar-refractivity contribution in [1.82, 2.24) is 19.9 Å². The maximum atomic E-state index is 14.3. The average molecular weight is 347 g/mol. The number of rotatable bonds is 4. The number of hydrogen-bond donors (Lipinski definition) is 0. The largest absolute Gasteiger partial charge is 0.462 e. The molecule has 25 heavy (non-hydrogen) atoms. The zero-order valence-electron chi connectivity index (χ0n) is 14.3. The van der Waals surface area contributed by atoms with E-state index in [4.69, 9.17) is 9.47 Å². The number of ether oxygens (including phenoxy) is 2. The molecule has 2 fully saturated rings. The van der Waals surface area contributed by atoms with E-state index in [1.807, 2.05) is 0 Å². The summed E-state index contributed by atoms with van der Waals surface area (Å²) in [5, 5.41) is 0.604. The first kappa shape index (κ1) is 16.4. The number of pyridine rings is 1. The molecule has 1 unspecified atom stereocenters. The minimum absolute atomic E-state index is 0.222. The molecule has 2 aliphatic heterocycles. The molecular formula is C17H22FN5O2. The van der Waals surface area contributed by atoms with Gasteiger partial charge in [-0.1, -0.05) is 0 Å². The van der Waals surface area contributed by atoms with E-state index in [2.05, 4.69) is 31.8 Å². The van der Waals surface area contributed by atoms with Crippen molar-refractivity contribution in [3.8, 4) is 6.01 Å². The Labute approximate surface area is 145 Å². The zero-order valence-corrected chi connectivity index (χ0v) is 14.3. The van der Waals surface area contributed by atoms with Gasteiger partial charge in [-0.3, -0.25) is 4.98 Å². The Morgan fingerprint density at radius 2 is 2.08 bits per heavy atom. The van der Waals surface area contributed by atoms with Gasteiger partial charge in [0.1, 0.15) is 17.9 Å². The fraction of sp³-hybridized carbons (Fsp3) is 0.588. The quantitative estimate of drug-likeness (QED) is 0.830. The van der Waals surface area contributed by atoms with Crippen LogP contribution in [0.5, 0.6) is 6.01 Å². The van der Waals surface area contributed by atoms with Crippen LogP contribution in [0.2, 0.25) is 0 Å². The van der Waals surface area contributed by atoms with Crippen LogP contribution in [0.3, 0.4) is 0 Å². The fourth-order valence-corrected chi connectivity index (χ4v) is 3.42. The number of morpholine rings is 1. The second kappa shape index (κ2) is 7.05. The molecule has 0 aliphatic carbocycles. The van der Waals surface area contributed by atoms with E-state index in [1.54, 1.807) is 6.20 Å². The number of hydrogen-bond acceptors (Lipinski definition) is 7. The molecule has 0 saturated carbocycles. The molecule has 7 nitrogen and oxygen atoms in total. The minimum Gasteiger partial charge on any atom is -0.462 e. The van der Waals surface area contributed by atoms with Gasteiger partial charge in [-0.15, -0.1) is 0 Å². The summed E-state index contributed by atoms with van der Waals surface area (Å²) >= 11 is 0. The smallest absolute Gasteiger partial charge is 0.319 e. The van der Waals surface area contributed by atoms with Crippen LogP contribution in [-0.4, -0.2) is 72.4 Å². The Morgan fingerprint density at radius 3 is 2.84 bits per heavy atom. The summed E-state index contributed by atoms with van der Waals surface area (Å²) in [6.07, 6.45) is 5.05. The average Bonchev–Trinajstić information content (AvgIpc) is 3.06. The highest BCUT2D eigenvalue weighted by Crippen LogP contribution is 2.28. The number of nitrogens with zero attached hydrogens (tertiary/aromatic N) is 5. The fourth-order valence-electron chi connectivity index (χ4n) is 3.42. The Hall–Kier alpha value is -2.06. The van der Waals surface area contributed by atoms with E-state index < -0.39 is 5.82 Å². The van der Waals surface area contributed by atoms with E-state index in [9.17, 15) is 4.39 Å². The minimum atomic E-state index is -0.461. The summed E-state index contributed by atoms with van der Waals surface area (Å²) in [5.41, 5.74) is 0.251. The number of fused-ring (bicyclic) bond motifs is 1. The van der Waals surface area contributed by atoms with Crippen molar-refractivity contribution in [3.05, 3.63) is 18.2 Å². The highest BCUT2D eigenvalue weighted by atomic mass is 19.1. The van der Waals surface area contributed by atoms with Gasteiger partial charge in [0, 0.05) is 25.3 Å². The normalized spacial score (nSPS) is 21.8. The van der Waals surface area contributed by atoms with Crippen molar-refractivity contribution in [3.63, 3.8) is 0 Å². The van der Waals surface area contributed by atoms with Gasteiger partial charge >= 0.3 is 6.01 Å². The maximum absolute atomic E-state index is 14.3. The van der Waals surface area contributed by atoms with E-state index in [-0.39, 0.29) is 11.5 Å². The SMILES string of the molecule is CN1CCCC1COc1nc(N2CCOCC2)c2cncc(F)c2n1. The van der Waals surface area contributed by atoms with Crippen LogP contribution in [0.1, 0.15) is 12.8 Å². The maximum Gasteiger partial charge on any atom is 0.319 e. The molecule has 0 spiro atoms. The van der Waals surface area contributed by atoms with Gasteiger partial charge in [0.25, 0.3) is 0 Å². The zero-order chi connectivity index (χ0) is 17.2. The molecule has 0 aromatic carbocycles. The summed E-state index contributed by atoms with van der Waals surface area (Å²) < 4.78 is 25.5. The van der Waals surface area contributed by atoms with Gasteiger partial charge in [0.15, 0.2) is 5.82 Å². The molecule has 2 aliphatic rings. The molecule has 134 valence electrons. The highest BCUT2D eigenvalue weighted by molar-refractivity contribution is 5.89. The molecule has 0 amide bonds. The molecule has 2 saturated heterocycles. The Bertz CT molecular complexity index is 753. The van der Waals surface area contributed by atoms with E-state index in [0.717, 1.165) is 13.0 Å². The van der Waals surface area contributed by atoms with Gasteiger partial charge in [0.05, 0.1) is 24.8 Å². The lowest BCUT2D eigenvalue weighted by atomic mass is 10.2. The number of likely N-dealkylation sites (tertiary alicyclic amines) is 1.